The Kier molecular flexibility index (Phi) is 7.72. The van der Waals surface area contributed by atoms with Gasteiger partial charge in [-0.15, -0.1) is 0 Å². The molecule has 1 aliphatic carbocycles. The molecule has 55 heavy (non-hydrogen) atoms. The summed E-state index contributed by atoms with van der Waals surface area (Å²) in [5.74, 6) is 0. The molecule has 0 spiro atoms. The fraction of sp³-hybridized carbons (Fsp3) is 0.148. The molecule has 1 nitrogen and oxygen atoms in total. The third-order valence-electron chi connectivity index (χ3n) is 12.5. The van der Waals surface area contributed by atoms with Gasteiger partial charge in [0.1, 0.15) is 0 Å². The fourth-order valence-electron chi connectivity index (χ4n) is 9.31. The topological polar surface area (TPSA) is 3.24 Å². The Bertz CT molecular complexity index is 2900. The van der Waals surface area contributed by atoms with Gasteiger partial charge in [-0.25, -0.2) is 0 Å². The van der Waals surface area contributed by atoms with E-state index in [-0.39, 0.29) is 10.8 Å². The van der Waals surface area contributed by atoms with Gasteiger partial charge in [-0.05, 0) is 137 Å². The lowest BCUT2D eigenvalue weighted by Crippen LogP contribution is -2.33. The van der Waals surface area contributed by atoms with Crippen LogP contribution >= 0.6 is 0 Å². The van der Waals surface area contributed by atoms with E-state index < -0.39 is 0 Å². The summed E-state index contributed by atoms with van der Waals surface area (Å²) in [6, 6.07) is 65.4. The number of rotatable bonds is 5. The maximum absolute atomic E-state index is 2.49. The molecule has 0 N–H and O–H groups in total. The minimum atomic E-state index is 0.161. The summed E-state index contributed by atoms with van der Waals surface area (Å²) in [7, 11) is 0. The van der Waals surface area contributed by atoms with Crippen LogP contribution in [0.4, 0.5) is 17.1 Å². The van der Waals surface area contributed by atoms with Crippen LogP contribution in [0.2, 0.25) is 0 Å². The van der Waals surface area contributed by atoms with Crippen molar-refractivity contribution >= 4 is 60.2 Å². The average molecular weight is 708 g/mol. The molecular weight excluding hydrogens is 663 g/mol. The highest BCUT2D eigenvalue weighted by molar-refractivity contribution is 6.25. The number of hydrogen-bond acceptors (Lipinski definition) is 1. The van der Waals surface area contributed by atoms with Gasteiger partial charge in [0.2, 0.25) is 0 Å². The molecule has 0 unspecified atom stereocenters. The van der Waals surface area contributed by atoms with Gasteiger partial charge in [0.05, 0.1) is 5.69 Å². The normalized spacial score (nSPS) is 14.7. The second-order valence-corrected chi connectivity index (χ2v) is 16.8. The first-order valence-electron chi connectivity index (χ1n) is 19.7. The lowest BCUT2D eigenvalue weighted by atomic mass is 9.63. The minimum Gasteiger partial charge on any atom is -0.310 e. The van der Waals surface area contributed by atoms with Crippen molar-refractivity contribution in [3.8, 4) is 22.3 Å². The molecule has 10 rings (SSSR count). The number of benzene rings is 9. The molecular formula is C54H45N. The quantitative estimate of drug-likeness (QED) is 0.161. The van der Waals surface area contributed by atoms with Crippen LogP contribution in [0.25, 0.3) is 65.3 Å². The van der Waals surface area contributed by atoms with E-state index in [4.69, 9.17) is 0 Å². The maximum atomic E-state index is 2.49. The molecule has 1 aliphatic rings. The van der Waals surface area contributed by atoms with Crippen LogP contribution in [0.1, 0.15) is 51.7 Å². The number of fused-ring (bicyclic) bond motifs is 8. The first kappa shape index (κ1) is 33.4. The molecule has 0 heterocycles. The van der Waals surface area contributed by atoms with E-state index in [1.54, 1.807) is 0 Å². The van der Waals surface area contributed by atoms with E-state index in [2.05, 4.69) is 209 Å². The van der Waals surface area contributed by atoms with E-state index >= 15 is 0 Å². The van der Waals surface area contributed by atoms with Crippen molar-refractivity contribution in [1.82, 2.24) is 0 Å². The van der Waals surface area contributed by atoms with Crippen molar-refractivity contribution in [3.05, 3.63) is 187 Å². The van der Waals surface area contributed by atoms with Gasteiger partial charge in [-0.3, -0.25) is 0 Å². The van der Waals surface area contributed by atoms with Crippen LogP contribution in [-0.4, -0.2) is 0 Å². The SMILES string of the molecule is CC1(C)CCC(C)(C)c2cc3cc(-c4ccccc4N(c4ccccc4)c4cccc(-c5ccc6c7ccccc7c7ccccc7c6c5)c4)ccc3cc21. The number of para-hydroxylation sites is 2. The number of nitrogens with zero attached hydrogens (tertiary/aromatic N) is 1. The average Bonchev–Trinajstić information content (AvgIpc) is 3.23. The van der Waals surface area contributed by atoms with E-state index in [0.717, 1.165) is 17.1 Å². The van der Waals surface area contributed by atoms with Crippen molar-refractivity contribution in [3.63, 3.8) is 0 Å². The predicted molar refractivity (Wildman–Crippen MR) is 237 cm³/mol. The van der Waals surface area contributed by atoms with Crippen LogP contribution < -0.4 is 4.90 Å². The van der Waals surface area contributed by atoms with Crippen molar-refractivity contribution in [2.75, 3.05) is 4.90 Å². The predicted octanol–water partition coefficient (Wildman–Crippen LogP) is 15.5. The van der Waals surface area contributed by atoms with Gasteiger partial charge in [-0.2, -0.15) is 0 Å². The Labute approximate surface area is 324 Å². The molecule has 0 bridgehead atoms. The van der Waals surface area contributed by atoms with Gasteiger partial charge < -0.3 is 4.90 Å². The third-order valence-corrected chi connectivity index (χ3v) is 12.5. The molecule has 1 heteroatoms. The molecule has 9 aromatic rings. The van der Waals surface area contributed by atoms with Gasteiger partial charge in [0.15, 0.2) is 0 Å². The first-order chi connectivity index (χ1) is 26.7. The van der Waals surface area contributed by atoms with Crippen molar-refractivity contribution in [2.45, 2.75) is 51.4 Å². The van der Waals surface area contributed by atoms with Crippen LogP contribution in [0.3, 0.4) is 0 Å². The van der Waals surface area contributed by atoms with E-state index in [0.29, 0.717) is 0 Å². The standard InChI is InChI=1S/C54H45N/c1-53(2)29-30-54(3,4)51-35-40-31-39(26-25-38(40)34-50(51)53)43-19-12-13-24-52(43)55(41-16-6-5-7-17-41)42-18-14-15-36(32-42)37-27-28-48-46-22-9-8-20-44(46)45-21-10-11-23-47(45)49(48)33-37/h5-28,31-35H,29-30H2,1-4H3. The Morgan fingerprint density at radius 3 is 1.58 bits per heavy atom. The molecule has 0 atom stereocenters. The number of anilines is 3. The highest BCUT2D eigenvalue weighted by Crippen LogP contribution is 2.48. The smallest absolute Gasteiger partial charge is 0.0540 e. The Balaban J connectivity index is 1.12. The molecule has 0 amide bonds. The Morgan fingerprint density at radius 2 is 0.891 bits per heavy atom. The molecule has 0 aliphatic heterocycles. The summed E-state index contributed by atoms with van der Waals surface area (Å²) in [6.07, 6.45) is 2.42. The van der Waals surface area contributed by atoms with Crippen LogP contribution in [-0.2, 0) is 10.8 Å². The molecule has 0 aromatic heterocycles. The fourth-order valence-corrected chi connectivity index (χ4v) is 9.31. The summed E-state index contributed by atoms with van der Waals surface area (Å²) in [6.45, 7) is 9.66. The summed E-state index contributed by atoms with van der Waals surface area (Å²) in [5.41, 5.74) is 11.6. The summed E-state index contributed by atoms with van der Waals surface area (Å²) >= 11 is 0. The largest absolute Gasteiger partial charge is 0.310 e. The van der Waals surface area contributed by atoms with Crippen LogP contribution in [0, 0.1) is 0 Å². The summed E-state index contributed by atoms with van der Waals surface area (Å²) in [4.78, 5) is 2.42. The number of hydrogen-bond donors (Lipinski definition) is 0. The zero-order valence-corrected chi connectivity index (χ0v) is 32.1. The Morgan fingerprint density at radius 1 is 0.364 bits per heavy atom. The van der Waals surface area contributed by atoms with Gasteiger partial charge in [-0.1, -0.05) is 161 Å². The maximum Gasteiger partial charge on any atom is 0.0540 e. The molecule has 0 saturated carbocycles. The molecule has 266 valence electrons. The van der Waals surface area contributed by atoms with E-state index in [1.807, 2.05) is 0 Å². The van der Waals surface area contributed by atoms with Gasteiger partial charge in [0, 0.05) is 16.9 Å². The van der Waals surface area contributed by atoms with Crippen LogP contribution in [0.5, 0.6) is 0 Å². The molecule has 0 saturated heterocycles. The van der Waals surface area contributed by atoms with Crippen LogP contribution in [0.15, 0.2) is 176 Å². The zero-order chi connectivity index (χ0) is 37.3. The van der Waals surface area contributed by atoms with Gasteiger partial charge >= 0.3 is 0 Å². The van der Waals surface area contributed by atoms with Crippen molar-refractivity contribution in [1.29, 1.82) is 0 Å². The monoisotopic (exact) mass is 707 g/mol. The molecule has 9 aromatic carbocycles. The van der Waals surface area contributed by atoms with Crippen molar-refractivity contribution in [2.24, 2.45) is 0 Å². The first-order valence-corrected chi connectivity index (χ1v) is 19.7. The highest BCUT2D eigenvalue weighted by Gasteiger charge is 2.37. The lowest BCUT2D eigenvalue weighted by Gasteiger charge is -2.42. The third kappa shape index (κ3) is 5.61. The zero-order valence-electron chi connectivity index (χ0n) is 32.1. The highest BCUT2D eigenvalue weighted by atomic mass is 15.1. The van der Waals surface area contributed by atoms with E-state index in [9.17, 15) is 0 Å². The molecule has 0 fully saturated rings. The van der Waals surface area contributed by atoms with Gasteiger partial charge in [0.25, 0.3) is 0 Å². The summed E-state index contributed by atoms with van der Waals surface area (Å²) in [5, 5.41) is 10.4. The second-order valence-electron chi connectivity index (χ2n) is 16.8. The lowest BCUT2D eigenvalue weighted by molar-refractivity contribution is 0.332. The second kappa shape index (κ2) is 12.7. The van der Waals surface area contributed by atoms with E-state index in [1.165, 1.54) is 89.3 Å². The van der Waals surface area contributed by atoms with Crippen molar-refractivity contribution < 1.29 is 0 Å². The summed E-state index contributed by atoms with van der Waals surface area (Å²) < 4.78 is 0. The Hall–Kier alpha value is -6.18. The molecule has 0 radical (unpaired) electrons. The minimum absolute atomic E-state index is 0.161.